The van der Waals surface area contributed by atoms with Gasteiger partial charge >= 0.3 is 0 Å². The van der Waals surface area contributed by atoms with Gasteiger partial charge in [-0.3, -0.25) is 0 Å². The molecule has 1 aromatic rings. The number of nitrogens with zero attached hydrogens (tertiary/aromatic N) is 2. The Bertz CT molecular complexity index is 286. The molecule has 0 aromatic heterocycles. The van der Waals surface area contributed by atoms with Crippen LogP contribution in [-0.4, -0.2) is 12.6 Å². The van der Waals surface area contributed by atoms with Gasteiger partial charge in [0.1, 0.15) is 6.04 Å². The molecule has 1 aliphatic heterocycles. The summed E-state index contributed by atoms with van der Waals surface area (Å²) in [5.74, 6) is 0. The first-order valence-corrected chi connectivity index (χ1v) is 3.63. The van der Waals surface area contributed by atoms with E-state index in [0.29, 0.717) is 0 Å². The molecule has 54 valence electrons. The monoisotopic (exact) mass is 144 g/mol. The summed E-state index contributed by atoms with van der Waals surface area (Å²) < 4.78 is 0. The van der Waals surface area contributed by atoms with Crippen LogP contribution >= 0.6 is 0 Å². The van der Waals surface area contributed by atoms with Gasteiger partial charge < -0.3 is 4.90 Å². The van der Waals surface area contributed by atoms with Crippen LogP contribution in [0.25, 0.3) is 0 Å². The normalized spacial score (nSPS) is 21.0. The third-order valence-corrected chi connectivity index (χ3v) is 1.85. The molecule has 1 heterocycles. The predicted octanol–water partition coefficient (Wildman–Crippen LogP) is 1.40. The van der Waals surface area contributed by atoms with E-state index >= 15 is 0 Å². The Morgan fingerprint density at radius 2 is 2.09 bits per heavy atom. The van der Waals surface area contributed by atoms with E-state index in [-0.39, 0.29) is 6.04 Å². The molecule has 0 aliphatic carbocycles. The van der Waals surface area contributed by atoms with Gasteiger partial charge in [0, 0.05) is 5.69 Å². The van der Waals surface area contributed by atoms with E-state index in [9.17, 15) is 0 Å². The fourth-order valence-electron chi connectivity index (χ4n) is 1.15. The molecule has 1 fully saturated rings. The fraction of sp³-hybridized carbons (Fsp3) is 0.222. The molecule has 0 bridgehead atoms. The van der Waals surface area contributed by atoms with Crippen LogP contribution in [0.4, 0.5) is 5.69 Å². The minimum atomic E-state index is 0.123. The molecule has 0 radical (unpaired) electrons. The van der Waals surface area contributed by atoms with Crippen LogP contribution in [0.3, 0.4) is 0 Å². The van der Waals surface area contributed by atoms with Crippen LogP contribution in [0.15, 0.2) is 30.3 Å². The van der Waals surface area contributed by atoms with E-state index in [4.69, 9.17) is 5.26 Å². The second-order valence-corrected chi connectivity index (χ2v) is 2.63. The zero-order valence-corrected chi connectivity index (χ0v) is 6.07. The highest BCUT2D eigenvalue weighted by molar-refractivity contribution is 5.55. The van der Waals surface area contributed by atoms with Gasteiger partial charge in [-0.15, -0.1) is 0 Å². The molecular formula is C9H8N2. The third kappa shape index (κ3) is 1.05. The van der Waals surface area contributed by atoms with Gasteiger partial charge in [-0.25, -0.2) is 0 Å². The second-order valence-electron chi connectivity index (χ2n) is 2.63. The minimum Gasteiger partial charge on any atom is -0.351 e. The summed E-state index contributed by atoms with van der Waals surface area (Å²) in [7, 11) is 0. The molecule has 2 rings (SSSR count). The second kappa shape index (κ2) is 2.28. The van der Waals surface area contributed by atoms with Crippen LogP contribution in [-0.2, 0) is 0 Å². The van der Waals surface area contributed by atoms with Crippen LogP contribution < -0.4 is 4.90 Å². The molecule has 0 N–H and O–H groups in total. The summed E-state index contributed by atoms with van der Waals surface area (Å²) in [5.41, 5.74) is 1.15. The number of para-hydroxylation sites is 1. The molecule has 0 spiro atoms. The number of hydrogen-bond donors (Lipinski definition) is 0. The molecule has 1 atom stereocenters. The zero-order chi connectivity index (χ0) is 7.68. The first kappa shape index (κ1) is 6.23. The highest BCUT2D eigenvalue weighted by Gasteiger charge is 2.33. The molecule has 11 heavy (non-hydrogen) atoms. The SMILES string of the molecule is N#C[C@H]1CN1c1ccccc1. The summed E-state index contributed by atoms with van der Waals surface area (Å²) in [6, 6.07) is 12.3. The van der Waals surface area contributed by atoms with E-state index in [1.165, 1.54) is 0 Å². The van der Waals surface area contributed by atoms with Gasteiger partial charge in [0.2, 0.25) is 0 Å². The molecule has 0 unspecified atom stereocenters. The van der Waals surface area contributed by atoms with Gasteiger partial charge in [0.15, 0.2) is 0 Å². The molecule has 1 aliphatic rings. The summed E-state index contributed by atoms with van der Waals surface area (Å²) in [6.45, 7) is 0.889. The Morgan fingerprint density at radius 1 is 1.36 bits per heavy atom. The Kier molecular flexibility index (Phi) is 1.29. The number of benzene rings is 1. The highest BCUT2D eigenvalue weighted by atomic mass is 15.3. The Morgan fingerprint density at radius 3 is 2.64 bits per heavy atom. The zero-order valence-electron chi connectivity index (χ0n) is 6.07. The lowest BCUT2D eigenvalue weighted by molar-refractivity contribution is 1.26. The Hall–Kier alpha value is -1.49. The van der Waals surface area contributed by atoms with E-state index in [1.807, 2.05) is 30.3 Å². The molecule has 2 heteroatoms. The van der Waals surface area contributed by atoms with Crippen molar-refractivity contribution in [1.29, 1.82) is 5.26 Å². The van der Waals surface area contributed by atoms with Gasteiger partial charge in [-0.2, -0.15) is 5.26 Å². The third-order valence-electron chi connectivity index (χ3n) is 1.85. The quantitative estimate of drug-likeness (QED) is 0.557. The number of rotatable bonds is 1. The first-order valence-electron chi connectivity index (χ1n) is 3.63. The van der Waals surface area contributed by atoms with E-state index in [2.05, 4.69) is 11.0 Å². The van der Waals surface area contributed by atoms with Gasteiger partial charge in [-0.1, -0.05) is 18.2 Å². The minimum absolute atomic E-state index is 0.123. The van der Waals surface area contributed by atoms with Crippen molar-refractivity contribution in [1.82, 2.24) is 0 Å². The molecular weight excluding hydrogens is 136 g/mol. The van der Waals surface area contributed by atoms with Crippen molar-refractivity contribution in [2.24, 2.45) is 0 Å². The molecule has 1 aromatic carbocycles. The predicted molar refractivity (Wildman–Crippen MR) is 43.2 cm³/mol. The van der Waals surface area contributed by atoms with Gasteiger partial charge in [0.05, 0.1) is 12.6 Å². The average Bonchev–Trinajstić information content (AvgIpc) is 2.85. The van der Waals surface area contributed by atoms with E-state index in [0.717, 1.165) is 12.2 Å². The van der Waals surface area contributed by atoms with Crippen molar-refractivity contribution in [2.75, 3.05) is 11.4 Å². The lowest BCUT2D eigenvalue weighted by Gasteiger charge is -1.99. The standard InChI is InChI=1S/C9H8N2/c10-6-9-7-11(9)8-4-2-1-3-5-8/h1-5,9H,7H2/t9-,11?/m0/s1. The summed E-state index contributed by atoms with van der Waals surface area (Å²) >= 11 is 0. The van der Waals surface area contributed by atoms with Crippen molar-refractivity contribution in [3.63, 3.8) is 0 Å². The van der Waals surface area contributed by atoms with Crippen molar-refractivity contribution in [3.8, 4) is 6.07 Å². The van der Waals surface area contributed by atoms with Crippen LogP contribution in [0, 0.1) is 11.3 Å². The topological polar surface area (TPSA) is 26.8 Å². The number of nitriles is 1. The van der Waals surface area contributed by atoms with Crippen LogP contribution in [0.2, 0.25) is 0 Å². The first-order chi connectivity index (χ1) is 5.42. The fourth-order valence-corrected chi connectivity index (χ4v) is 1.15. The van der Waals surface area contributed by atoms with Crippen molar-refractivity contribution >= 4 is 5.69 Å². The van der Waals surface area contributed by atoms with Crippen molar-refractivity contribution < 1.29 is 0 Å². The maximum Gasteiger partial charge on any atom is 0.134 e. The lowest BCUT2D eigenvalue weighted by Crippen LogP contribution is -1.94. The maximum absolute atomic E-state index is 8.55. The molecule has 2 nitrogen and oxygen atoms in total. The van der Waals surface area contributed by atoms with Crippen LogP contribution in [0.1, 0.15) is 0 Å². The van der Waals surface area contributed by atoms with Gasteiger partial charge in [-0.05, 0) is 12.1 Å². The van der Waals surface area contributed by atoms with E-state index < -0.39 is 0 Å². The lowest BCUT2D eigenvalue weighted by atomic mass is 10.3. The Balaban J connectivity index is 2.16. The molecule has 0 amide bonds. The van der Waals surface area contributed by atoms with Crippen molar-refractivity contribution in [2.45, 2.75) is 6.04 Å². The average molecular weight is 144 g/mol. The highest BCUT2D eigenvalue weighted by Crippen LogP contribution is 2.26. The number of hydrogen-bond acceptors (Lipinski definition) is 2. The summed E-state index contributed by atoms with van der Waals surface area (Å²) in [4.78, 5) is 2.07. The Labute approximate surface area is 65.7 Å². The van der Waals surface area contributed by atoms with Crippen molar-refractivity contribution in [3.05, 3.63) is 30.3 Å². The maximum atomic E-state index is 8.55. The molecule has 0 saturated carbocycles. The summed E-state index contributed by atoms with van der Waals surface area (Å²) in [6.07, 6.45) is 0. The smallest absolute Gasteiger partial charge is 0.134 e. The van der Waals surface area contributed by atoms with Crippen LogP contribution in [0.5, 0.6) is 0 Å². The van der Waals surface area contributed by atoms with E-state index in [1.54, 1.807) is 0 Å². The summed E-state index contributed by atoms with van der Waals surface area (Å²) in [5, 5.41) is 8.55. The number of anilines is 1. The molecule has 1 saturated heterocycles. The van der Waals surface area contributed by atoms with Gasteiger partial charge in [0.25, 0.3) is 0 Å². The largest absolute Gasteiger partial charge is 0.351 e.